The number of Topliss-reactive ketones (excluding diaryl/α,β-unsaturated/α-hetero) is 1. The number of benzene rings is 1. The summed E-state index contributed by atoms with van der Waals surface area (Å²) in [5, 5.41) is 0. The fourth-order valence-electron chi connectivity index (χ4n) is 2.47. The molecule has 2 rings (SSSR count). The van der Waals surface area contributed by atoms with Crippen LogP contribution in [0.4, 0.5) is 5.69 Å². The second-order valence-corrected chi connectivity index (χ2v) is 5.79. The largest absolute Gasteiger partial charge is 0.312 e. The van der Waals surface area contributed by atoms with Crippen LogP contribution in [-0.2, 0) is 9.59 Å². The molecule has 0 aromatic heterocycles. The van der Waals surface area contributed by atoms with Gasteiger partial charge in [-0.25, -0.2) is 0 Å². The van der Waals surface area contributed by atoms with E-state index in [4.69, 9.17) is 0 Å². The van der Waals surface area contributed by atoms with Gasteiger partial charge in [-0.1, -0.05) is 22.9 Å². The lowest BCUT2D eigenvalue weighted by molar-refractivity contribution is -0.133. The molecule has 0 unspecified atom stereocenters. The summed E-state index contributed by atoms with van der Waals surface area (Å²) in [6, 6.07) is 5.86. The van der Waals surface area contributed by atoms with Gasteiger partial charge in [0.1, 0.15) is 5.78 Å². The fraction of sp³-hybridized carbons (Fsp3) is 0.467. The van der Waals surface area contributed by atoms with E-state index in [0.29, 0.717) is 19.4 Å². The van der Waals surface area contributed by atoms with Crippen molar-refractivity contribution in [1.82, 2.24) is 0 Å². The van der Waals surface area contributed by atoms with Gasteiger partial charge in [-0.05, 0) is 43.5 Å². The average molecular weight is 324 g/mol. The van der Waals surface area contributed by atoms with Crippen molar-refractivity contribution in [3.63, 3.8) is 0 Å². The summed E-state index contributed by atoms with van der Waals surface area (Å²) < 4.78 is 1.03. The Labute approximate surface area is 122 Å². The molecule has 0 spiro atoms. The van der Waals surface area contributed by atoms with Crippen molar-refractivity contribution in [2.45, 2.75) is 33.1 Å². The zero-order valence-electron chi connectivity index (χ0n) is 11.3. The van der Waals surface area contributed by atoms with E-state index in [9.17, 15) is 9.59 Å². The van der Waals surface area contributed by atoms with Crippen molar-refractivity contribution in [2.75, 3.05) is 11.4 Å². The Kier molecular flexibility index (Phi) is 4.40. The topological polar surface area (TPSA) is 37.4 Å². The number of amides is 1. The molecule has 1 aliphatic heterocycles. The average Bonchev–Trinajstić information content (AvgIpc) is 2.41. The number of piperidine rings is 1. The van der Waals surface area contributed by atoms with Gasteiger partial charge in [0, 0.05) is 23.1 Å². The molecule has 0 aliphatic carbocycles. The number of anilines is 1. The SMILES string of the molecule is CCC(=O)[C@H]1CCCN(c2ccc(Br)c(C)c2)C1=O. The fourth-order valence-corrected chi connectivity index (χ4v) is 2.72. The molecule has 1 aromatic carbocycles. The lowest BCUT2D eigenvalue weighted by Crippen LogP contribution is -2.44. The summed E-state index contributed by atoms with van der Waals surface area (Å²) in [5.41, 5.74) is 1.98. The summed E-state index contributed by atoms with van der Waals surface area (Å²) in [7, 11) is 0. The number of hydrogen-bond donors (Lipinski definition) is 0. The molecule has 0 saturated carbocycles. The highest BCUT2D eigenvalue weighted by molar-refractivity contribution is 9.10. The lowest BCUT2D eigenvalue weighted by Gasteiger charge is -2.31. The van der Waals surface area contributed by atoms with Crippen LogP contribution in [0.5, 0.6) is 0 Å². The van der Waals surface area contributed by atoms with Crippen LogP contribution in [0.25, 0.3) is 0 Å². The van der Waals surface area contributed by atoms with Crippen LogP contribution in [0.15, 0.2) is 22.7 Å². The maximum absolute atomic E-state index is 12.4. The number of halogens is 1. The Morgan fingerprint density at radius 1 is 1.47 bits per heavy atom. The third-order valence-electron chi connectivity index (χ3n) is 3.63. The molecule has 1 saturated heterocycles. The van der Waals surface area contributed by atoms with E-state index >= 15 is 0 Å². The van der Waals surface area contributed by atoms with E-state index in [1.807, 2.05) is 32.0 Å². The van der Waals surface area contributed by atoms with Crippen molar-refractivity contribution < 1.29 is 9.59 Å². The molecule has 0 N–H and O–H groups in total. The minimum atomic E-state index is -0.442. The van der Waals surface area contributed by atoms with Gasteiger partial charge < -0.3 is 4.90 Å². The molecule has 19 heavy (non-hydrogen) atoms. The molecule has 0 bridgehead atoms. The molecule has 0 radical (unpaired) electrons. The molecule has 3 nitrogen and oxygen atoms in total. The van der Waals surface area contributed by atoms with Gasteiger partial charge in [0.2, 0.25) is 5.91 Å². The van der Waals surface area contributed by atoms with Gasteiger partial charge in [-0.3, -0.25) is 9.59 Å². The Balaban J connectivity index is 2.26. The highest BCUT2D eigenvalue weighted by Crippen LogP contribution is 2.28. The van der Waals surface area contributed by atoms with Gasteiger partial charge in [0.15, 0.2) is 0 Å². The first-order chi connectivity index (χ1) is 9.04. The van der Waals surface area contributed by atoms with E-state index in [0.717, 1.165) is 22.1 Å². The summed E-state index contributed by atoms with van der Waals surface area (Å²) in [5.74, 6) is -0.425. The van der Waals surface area contributed by atoms with Crippen molar-refractivity contribution in [3.05, 3.63) is 28.2 Å². The molecular weight excluding hydrogens is 306 g/mol. The third-order valence-corrected chi connectivity index (χ3v) is 4.52. The zero-order valence-corrected chi connectivity index (χ0v) is 12.9. The van der Waals surface area contributed by atoms with Crippen LogP contribution >= 0.6 is 15.9 Å². The first-order valence-corrected chi connectivity index (χ1v) is 7.44. The highest BCUT2D eigenvalue weighted by Gasteiger charge is 2.33. The Morgan fingerprint density at radius 3 is 2.84 bits per heavy atom. The summed E-state index contributed by atoms with van der Waals surface area (Å²) >= 11 is 3.46. The highest BCUT2D eigenvalue weighted by atomic mass is 79.9. The maximum atomic E-state index is 12.4. The summed E-state index contributed by atoms with van der Waals surface area (Å²) in [6.45, 7) is 4.52. The van der Waals surface area contributed by atoms with Gasteiger partial charge >= 0.3 is 0 Å². The lowest BCUT2D eigenvalue weighted by atomic mass is 9.91. The van der Waals surface area contributed by atoms with Crippen LogP contribution in [0.3, 0.4) is 0 Å². The van der Waals surface area contributed by atoms with E-state index in [-0.39, 0.29) is 11.7 Å². The van der Waals surface area contributed by atoms with E-state index < -0.39 is 5.92 Å². The molecule has 1 fully saturated rings. The molecule has 102 valence electrons. The smallest absolute Gasteiger partial charge is 0.237 e. The number of rotatable bonds is 3. The van der Waals surface area contributed by atoms with Crippen molar-refractivity contribution in [1.29, 1.82) is 0 Å². The monoisotopic (exact) mass is 323 g/mol. The van der Waals surface area contributed by atoms with Crippen LogP contribution in [-0.4, -0.2) is 18.2 Å². The number of carbonyl (C=O) groups is 2. The second kappa shape index (κ2) is 5.87. The number of carbonyl (C=O) groups excluding carboxylic acids is 2. The van der Waals surface area contributed by atoms with Crippen molar-refractivity contribution in [3.8, 4) is 0 Å². The van der Waals surface area contributed by atoms with Crippen molar-refractivity contribution >= 4 is 33.3 Å². The Hall–Kier alpha value is -1.16. The Bertz CT molecular complexity index is 513. The van der Waals surface area contributed by atoms with Crippen LogP contribution in [0.1, 0.15) is 31.7 Å². The first-order valence-electron chi connectivity index (χ1n) is 6.64. The minimum Gasteiger partial charge on any atom is -0.312 e. The van der Waals surface area contributed by atoms with Crippen LogP contribution < -0.4 is 4.90 Å². The predicted octanol–water partition coefficient (Wildman–Crippen LogP) is 3.48. The number of hydrogen-bond acceptors (Lipinski definition) is 2. The molecule has 1 aromatic rings. The van der Waals surface area contributed by atoms with Crippen LogP contribution in [0.2, 0.25) is 0 Å². The second-order valence-electron chi connectivity index (χ2n) is 4.94. The molecule has 1 atom stereocenters. The molecular formula is C15H18BrNO2. The number of aryl methyl sites for hydroxylation is 1. The predicted molar refractivity (Wildman–Crippen MR) is 79.3 cm³/mol. The first kappa shape index (κ1) is 14.3. The molecule has 1 aliphatic rings. The minimum absolute atomic E-state index is 0.0418. The standard InChI is InChI=1S/C15H18BrNO2/c1-3-14(18)12-5-4-8-17(15(12)19)11-6-7-13(16)10(2)9-11/h6-7,9,12H,3-5,8H2,1-2H3/t12-/m1/s1. The van der Waals surface area contributed by atoms with Gasteiger partial charge in [0.25, 0.3) is 0 Å². The molecule has 1 heterocycles. The van der Waals surface area contributed by atoms with E-state index in [2.05, 4.69) is 15.9 Å². The molecule has 4 heteroatoms. The maximum Gasteiger partial charge on any atom is 0.237 e. The van der Waals surface area contributed by atoms with Gasteiger partial charge in [-0.2, -0.15) is 0 Å². The van der Waals surface area contributed by atoms with Gasteiger partial charge in [-0.15, -0.1) is 0 Å². The zero-order chi connectivity index (χ0) is 14.0. The summed E-state index contributed by atoms with van der Waals surface area (Å²) in [6.07, 6.45) is 2.01. The van der Waals surface area contributed by atoms with E-state index in [1.165, 1.54) is 0 Å². The van der Waals surface area contributed by atoms with Gasteiger partial charge in [0.05, 0.1) is 5.92 Å². The number of nitrogens with zero attached hydrogens (tertiary/aromatic N) is 1. The third kappa shape index (κ3) is 2.89. The number of ketones is 1. The normalized spacial score (nSPS) is 19.6. The Morgan fingerprint density at radius 2 is 2.21 bits per heavy atom. The molecule has 1 amide bonds. The van der Waals surface area contributed by atoms with Crippen LogP contribution in [0, 0.1) is 12.8 Å². The van der Waals surface area contributed by atoms with E-state index in [1.54, 1.807) is 4.90 Å². The quantitative estimate of drug-likeness (QED) is 0.798. The summed E-state index contributed by atoms with van der Waals surface area (Å²) in [4.78, 5) is 26.0. The van der Waals surface area contributed by atoms with Crippen molar-refractivity contribution in [2.24, 2.45) is 5.92 Å².